The van der Waals surface area contributed by atoms with Gasteiger partial charge in [0.1, 0.15) is 0 Å². The Balaban J connectivity index is 2.16. The lowest BCUT2D eigenvalue weighted by Crippen LogP contribution is -2.45. The highest BCUT2D eigenvalue weighted by Gasteiger charge is 2.42. The van der Waals surface area contributed by atoms with Crippen LogP contribution in [0.1, 0.15) is 44.2 Å². The van der Waals surface area contributed by atoms with Gasteiger partial charge in [-0.2, -0.15) is 0 Å². The summed E-state index contributed by atoms with van der Waals surface area (Å²) in [7, 11) is 0. The predicted octanol–water partition coefficient (Wildman–Crippen LogP) is 3.12. The molecule has 1 aromatic carbocycles. The smallest absolute Gasteiger partial charge is 0.230 e. The van der Waals surface area contributed by atoms with Crippen LogP contribution in [0.4, 0.5) is 0 Å². The van der Waals surface area contributed by atoms with Crippen molar-refractivity contribution in [3.63, 3.8) is 0 Å². The van der Waals surface area contributed by atoms with Crippen molar-refractivity contribution in [1.29, 1.82) is 0 Å². The van der Waals surface area contributed by atoms with Gasteiger partial charge in [0.05, 0.1) is 5.41 Å². The third-order valence-electron chi connectivity index (χ3n) is 4.72. The molecule has 0 radical (unpaired) electrons. The fourth-order valence-electron chi connectivity index (χ4n) is 3.38. The SMILES string of the molecule is CCCC1(C(=O)N(CC)Cc2ccccc2C)CCNC1. The number of amides is 1. The van der Waals surface area contributed by atoms with Gasteiger partial charge in [0.15, 0.2) is 0 Å². The number of aryl methyl sites for hydroxylation is 1. The van der Waals surface area contributed by atoms with Crippen LogP contribution >= 0.6 is 0 Å². The van der Waals surface area contributed by atoms with Crippen LogP contribution in [-0.4, -0.2) is 30.4 Å². The zero-order valence-electron chi connectivity index (χ0n) is 13.6. The van der Waals surface area contributed by atoms with Crippen LogP contribution in [0.3, 0.4) is 0 Å². The Hall–Kier alpha value is -1.35. The molecule has 0 spiro atoms. The second kappa shape index (κ2) is 7.08. The molecule has 1 aromatic rings. The third-order valence-corrected chi connectivity index (χ3v) is 4.72. The molecule has 1 N–H and O–H groups in total. The van der Waals surface area contributed by atoms with Crippen molar-refractivity contribution >= 4 is 5.91 Å². The molecule has 1 fully saturated rings. The summed E-state index contributed by atoms with van der Waals surface area (Å²) in [6.45, 7) is 9.68. The van der Waals surface area contributed by atoms with E-state index in [-0.39, 0.29) is 5.41 Å². The zero-order valence-corrected chi connectivity index (χ0v) is 13.6. The normalized spacial score (nSPS) is 21.5. The van der Waals surface area contributed by atoms with E-state index in [0.29, 0.717) is 5.91 Å². The van der Waals surface area contributed by atoms with Crippen LogP contribution < -0.4 is 5.32 Å². The molecule has 3 heteroatoms. The highest BCUT2D eigenvalue weighted by atomic mass is 16.2. The Morgan fingerprint density at radius 3 is 2.67 bits per heavy atom. The molecule has 116 valence electrons. The molecule has 1 aliphatic rings. The Labute approximate surface area is 128 Å². The van der Waals surface area contributed by atoms with E-state index in [9.17, 15) is 4.79 Å². The summed E-state index contributed by atoms with van der Waals surface area (Å²) < 4.78 is 0. The van der Waals surface area contributed by atoms with Gasteiger partial charge in [-0.05, 0) is 44.4 Å². The van der Waals surface area contributed by atoms with Gasteiger partial charge in [-0.25, -0.2) is 0 Å². The van der Waals surface area contributed by atoms with E-state index in [0.717, 1.165) is 45.4 Å². The van der Waals surface area contributed by atoms with Gasteiger partial charge in [-0.3, -0.25) is 4.79 Å². The summed E-state index contributed by atoms with van der Waals surface area (Å²) in [5.41, 5.74) is 2.34. The predicted molar refractivity (Wildman–Crippen MR) is 87.1 cm³/mol. The molecule has 1 unspecified atom stereocenters. The number of nitrogens with one attached hydrogen (secondary N) is 1. The fourth-order valence-corrected chi connectivity index (χ4v) is 3.38. The first-order valence-electron chi connectivity index (χ1n) is 8.17. The van der Waals surface area contributed by atoms with E-state index < -0.39 is 0 Å². The van der Waals surface area contributed by atoms with E-state index in [4.69, 9.17) is 0 Å². The summed E-state index contributed by atoms with van der Waals surface area (Å²) in [6, 6.07) is 8.35. The summed E-state index contributed by atoms with van der Waals surface area (Å²) in [6.07, 6.45) is 3.03. The van der Waals surface area contributed by atoms with Crippen LogP contribution in [0.5, 0.6) is 0 Å². The average Bonchev–Trinajstić information content (AvgIpc) is 2.96. The number of rotatable bonds is 6. The van der Waals surface area contributed by atoms with Gasteiger partial charge in [-0.15, -0.1) is 0 Å². The van der Waals surface area contributed by atoms with Crippen molar-refractivity contribution < 1.29 is 4.79 Å². The van der Waals surface area contributed by atoms with Crippen molar-refractivity contribution in [2.45, 2.75) is 46.6 Å². The minimum atomic E-state index is -0.173. The summed E-state index contributed by atoms with van der Waals surface area (Å²) in [4.78, 5) is 15.1. The first-order valence-corrected chi connectivity index (χ1v) is 8.17. The van der Waals surface area contributed by atoms with Crippen LogP contribution in [0, 0.1) is 12.3 Å². The zero-order chi connectivity index (χ0) is 15.3. The van der Waals surface area contributed by atoms with Crippen LogP contribution in [0.25, 0.3) is 0 Å². The Kier molecular flexibility index (Phi) is 5.40. The van der Waals surface area contributed by atoms with Gasteiger partial charge in [-0.1, -0.05) is 37.6 Å². The van der Waals surface area contributed by atoms with Crippen molar-refractivity contribution in [3.8, 4) is 0 Å². The van der Waals surface area contributed by atoms with E-state index in [1.54, 1.807) is 0 Å². The number of carbonyl (C=O) groups excluding carboxylic acids is 1. The first kappa shape index (κ1) is 16.0. The molecule has 1 heterocycles. The number of nitrogens with zero attached hydrogens (tertiary/aromatic N) is 1. The van der Waals surface area contributed by atoms with Crippen molar-refractivity contribution in [2.75, 3.05) is 19.6 Å². The van der Waals surface area contributed by atoms with Gasteiger partial charge in [0.25, 0.3) is 0 Å². The number of benzene rings is 1. The standard InChI is InChI=1S/C18H28N2O/c1-4-10-18(11-12-19-14-18)17(21)20(5-2)13-16-9-7-6-8-15(16)3/h6-9,19H,4-5,10-14H2,1-3H3. The van der Waals surface area contributed by atoms with Gasteiger partial charge >= 0.3 is 0 Å². The highest BCUT2D eigenvalue weighted by Crippen LogP contribution is 2.33. The molecule has 0 bridgehead atoms. The fraction of sp³-hybridized carbons (Fsp3) is 0.611. The highest BCUT2D eigenvalue weighted by molar-refractivity contribution is 5.83. The molecule has 0 saturated carbocycles. The quantitative estimate of drug-likeness (QED) is 0.872. The number of hydrogen-bond donors (Lipinski definition) is 1. The maximum Gasteiger partial charge on any atom is 0.230 e. The topological polar surface area (TPSA) is 32.3 Å². The molecule has 1 aliphatic heterocycles. The van der Waals surface area contributed by atoms with E-state index >= 15 is 0 Å². The minimum Gasteiger partial charge on any atom is -0.338 e. The molecule has 21 heavy (non-hydrogen) atoms. The molecule has 1 amide bonds. The monoisotopic (exact) mass is 288 g/mol. The van der Waals surface area contributed by atoms with E-state index in [1.165, 1.54) is 11.1 Å². The van der Waals surface area contributed by atoms with Gasteiger partial charge in [0, 0.05) is 19.6 Å². The van der Waals surface area contributed by atoms with Crippen LogP contribution in [0.2, 0.25) is 0 Å². The average molecular weight is 288 g/mol. The summed E-state index contributed by atoms with van der Waals surface area (Å²) in [5, 5.41) is 3.39. The number of carbonyl (C=O) groups is 1. The molecular formula is C18H28N2O. The third kappa shape index (κ3) is 3.46. The molecule has 0 aromatic heterocycles. The summed E-state index contributed by atoms with van der Waals surface area (Å²) in [5.74, 6) is 0.333. The maximum absolute atomic E-state index is 13.1. The second-order valence-corrected chi connectivity index (χ2v) is 6.20. The second-order valence-electron chi connectivity index (χ2n) is 6.20. The molecule has 0 aliphatic carbocycles. The molecule has 1 atom stereocenters. The van der Waals surface area contributed by atoms with Crippen molar-refractivity contribution in [2.24, 2.45) is 5.41 Å². The van der Waals surface area contributed by atoms with Crippen molar-refractivity contribution in [1.82, 2.24) is 10.2 Å². The van der Waals surface area contributed by atoms with E-state index in [1.807, 2.05) is 4.90 Å². The molecule has 3 nitrogen and oxygen atoms in total. The lowest BCUT2D eigenvalue weighted by Gasteiger charge is -2.33. The number of hydrogen-bond acceptors (Lipinski definition) is 2. The first-order chi connectivity index (χ1) is 10.1. The van der Waals surface area contributed by atoms with Gasteiger partial charge < -0.3 is 10.2 Å². The van der Waals surface area contributed by atoms with Gasteiger partial charge in [0.2, 0.25) is 5.91 Å². The minimum absolute atomic E-state index is 0.173. The van der Waals surface area contributed by atoms with E-state index in [2.05, 4.69) is 50.4 Å². The van der Waals surface area contributed by atoms with Crippen LogP contribution in [-0.2, 0) is 11.3 Å². The van der Waals surface area contributed by atoms with Crippen LogP contribution in [0.15, 0.2) is 24.3 Å². The van der Waals surface area contributed by atoms with Crippen molar-refractivity contribution in [3.05, 3.63) is 35.4 Å². The summed E-state index contributed by atoms with van der Waals surface area (Å²) >= 11 is 0. The lowest BCUT2D eigenvalue weighted by atomic mass is 9.81. The Morgan fingerprint density at radius 1 is 1.33 bits per heavy atom. The maximum atomic E-state index is 13.1. The molecule has 2 rings (SSSR count). The molecule has 1 saturated heterocycles. The Morgan fingerprint density at radius 2 is 2.10 bits per heavy atom. The Bertz CT molecular complexity index is 478. The largest absolute Gasteiger partial charge is 0.338 e. The lowest BCUT2D eigenvalue weighted by molar-refractivity contribution is -0.142. The molecular weight excluding hydrogens is 260 g/mol.